The molecular weight excluding hydrogens is 621 g/mol. The molecule has 0 spiro atoms. The molecule has 3 heteroatoms. The summed E-state index contributed by atoms with van der Waals surface area (Å²) in [5.74, 6) is 0. The van der Waals surface area contributed by atoms with Crippen LogP contribution in [0.4, 0.5) is 0 Å². The van der Waals surface area contributed by atoms with E-state index in [1.807, 2.05) is 12.1 Å². The molecule has 0 bridgehead atoms. The maximum atomic E-state index is 6.06. The maximum Gasteiger partial charge on any atom is 0.135 e. The number of hydrogen-bond acceptors (Lipinski definition) is 1. The summed E-state index contributed by atoms with van der Waals surface area (Å²) < 4.78 is 11.0. The topological polar surface area (TPSA) is 23.0 Å². The lowest BCUT2D eigenvalue weighted by Gasteiger charge is -2.14. The summed E-state index contributed by atoms with van der Waals surface area (Å²) in [5, 5.41) is 6.20. The van der Waals surface area contributed by atoms with Gasteiger partial charge in [-0.05, 0) is 89.7 Å². The van der Waals surface area contributed by atoms with E-state index in [1.165, 1.54) is 77.6 Å². The first-order valence-electron chi connectivity index (χ1n) is 17.7. The zero-order chi connectivity index (χ0) is 33.5. The second kappa shape index (κ2) is 11.0. The van der Waals surface area contributed by atoms with Gasteiger partial charge >= 0.3 is 0 Å². The van der Waals surface area contributed by atoms with Gasteiger partial charge in [-0.3, -0.25) is 0 Å². The fraction of sp³-hybridized carbons (Fsp3) is 0.0417. The molecule has 1 aliphatic carbocycles. The molecule has 3 aromatic heterocycles. The van der Waals surface area contributed by atoms with Crippen molar-refractivity contribution in [2.24, 2.45) is 0 Å². The van der Waals surface area contributed by atoms with E-state index in [2.05, 4.69) is 167 Å². The van der Waals surface area contributed by atoms with Gasteiger partial charge in [0.2, 0.25) is 0 Å². The van der Waals surface area contributed by atoms with Crippen LogP contribution >= 0.6 is 0 Å². The predicted octanol–water partition coefficient (Wildman–Crippen LogP) is 12.9. The van der Waals surface area contributed by atoms with E-state index in [1.54, 1.807) is 0 Å². The van der Waals surface area contributed by atoms with Gasteiger partial charge in [0.1, 0.15) is 11.2 Å². The number of hydrogen-bond donors (Lipinski definition) is 0. The third-order valence-electron chi connectivity index (χ3n) is 10.8. The van der Waals surface area contributed by atoms with Gasteiger partial charge in [0, 0.05) is 49.6 Å². The Bertz CT molecular complexity index is 2990. The highest BCUT2D eigenvalue weighted by molar-refractivity contribution is 6.20. The summed E-state index contributed by atoms with van der Waals surface area (Å²) in [7, 11) is 0. The molecule has 0 radical (unpaired) electrons. The van der Waals surface area contributed by atoms with Gasteiger partial charge in [-0.1, -0.05) is 115 Å². The van der Waals surface area contributed by atoms with Gasteiger partial charge in [0.05, 0.1) is 16.6 Å². The van der Waals surface area contributed by atoms with Crippen LogP contribution in [0, 0.1) is 0 Å². The van der Waals surface area contributed by atoms with Crippen LogP contribution in [-0.2, 0) is 6.42 Å². The van der Waals surface area contributed by atoms with Gasteiger partial charge in [0.15, 0.2) is 0 Å². The van der Waals surface area contributed by atoms with Gasteiger partial charge in [0.25, 0.3) is 0 Å². The van der Waals surface area contributed by atoms with E-state index in [4.69, 9.17) is 4.42 Å². The Balaban J connectivity index is 1.01. The molecular formula is C48H32N2O. The average molecular weight is 653 g/mol. The highest BCUT2D eigenvalue weighted by Crippen LogP contribution is 2.43. The monoisotopic (exact) mass is 652 g/mol. The van der Waals surface area contributed by atoms with Crippen molar-refractivity contribution in [1.82, 2.24) is 9.13 Å². The molecule has 1 aliphatic rings. The highest BCUT2D eigenvalue weighted by atomic mass is 16.3. The second-order valence-corrected chi connectivity index (χ2v) is 13.6. The number of allylic oxidation sites excluding steroid dienone is 1. The Hall–Kier alpha value is -6.58. The molecule has 0 saturated heterocycles. The number of benzene rings is 7. The summed E-state index contributed by atoms with van der Waals surface area (Å²) in [6, 6.07) is 57.0. The highest BCUT2D eigenvalue weighted by Gasteiger charge is 2.24. The van der Waals surface area contributed by atoms with E-state index in [9.17, 15) is 0 Å². The molecule has 0 amide bonds. The fourth-order valence-corrected chi connectivity index (χ4v) is 8.46. The number of aromatic nitrogens is 2. The van der Waals surface area contributed by atoms with Crippen LogP contribution in [0.15, 0.2) is 168 Å². The van der Waals surface area contributed by atoms with Crippen LogP contribution in [0.3, 0.4) is 0 Å². The molecule has 51 heavy (non-hydrogen) atoms. The molecule has 240 valence electrons. The van der Waals surface area contributed by atoms with Crippen molar-refractivity contribution in [1.29, 1.82) is 0 Å². The molecule has 3 nitrogen and oxygen atoms in total. The molecule has 0 fully saturated rings. The third kappa shape index (κ3) is 4.25. The number of furan rings is 1. The lowest BCUT2D eigenvalue weighted by atomic mass is 9.99. The summed E-state index contributed by atoms with van der Waals surface area (Å²) in [5.41, 5.74) is 15.5. The number of nitrogens with zero attached hydrogens (tertiary/aromatic N) is 2. The van der Waals surface area contributed by atoms with E-state index in [0.29, 0.717) is 0 Å². The third-order valence-corrected chi connectivity index (χ3v) is 10.8. The Labute approximate surface area is 294 Å². The van der Waals surface area contributed by atoms with E-state index >= 15 is 0 Å². The van der Waals surface area contributed by atoms with Crippen LogP contribution in [0.1, 0.15) is 17.7 Å². The van der Waals surface area contributed by atoms with Crippen LogP contribution in [0.2, 0.25) is 0 Å². The lowest BCUT2D eigenvalue weighted by Crippen LogP contribution is -2.02. The smallest absolute Gasteiger partial charge is 0.135 e. The van der Waals surface area contributed by atoms with E-state index in [-0.39, 0.29) is 0 Å². The number of para-hydroxylation sites is 3. The maximum absolute atomic E-state index is 6.06. The molecule has 3 heterocycles. The van der Waals surface area contributed by atoms with E-state index in [0.717, 1.165) is 34.8 Å². The minimum absolute atomic E-state index is 0.924. The minimum atomic E-state index is 0.924. The Kier molecular flexibility index (Phi) is 6.08. The first-order chi connectivity index (χ1) is 25.3. The molecule has 0 atom stereocenters. The largest absolute Gasteiger partial charge is 0.456 e. The summed E-state index contributed by atoms with van der Waals surface area (Å²) >= 11 is 0. The fourth-order valence-electron chi connectivity index (χ4n) is 8.46. The lowest BCUT2D eigenvalue weighted by molar-refractivity contribution is 0.669. The van der Waals surface area contributed by atoms with Crippen LogP contribution < -0.4 is 0 Å². The van der Waals surface area contributed by atoms with Gasteiger partial charge in [-0.25, -0.2) is 0 Å². The van der Waals surface area contributed by atoms with E-state index < -0.39 is 0 Å². The molecule has 0 aliphatic heterocycles. The van der Waals surface area contributed by atoms with Gasteiger partial charge < -0.3 is 13.6 Å². The first kappa shape index (κ1) is 28.3. The molecule has 11 rings (SSSR count). The zero-order valence-electron chi connectivity index (χ0n) is 27.9. The normalized spacial score (nSPS) is 12.9. The van der Waals surface area contributed by atoms with Gasteiger partial charge in [-0.2, -0.15) is 0 Å². The Morgan fingerprint density at radius 3 is 1.92 bits per heavy atom. The average Bonchev–Trinajstić information content (AvgIpc) is 3.86. The second-order valence-electron chi connectivity index (χ2n) is 13.6. The number of fused-ring (bicyclic) bond motifs is 10. The quantitative estimate of drug-likeness (QED) is 0.186. The SMILES string of the molecule is C1=Cc2c(n(-c3ccc(-c4ccc(-c5ccc6oc7ccccc7c6c5)cc4)cc3)c3ccc4c5ccccc5n(-c5ccccc5)c4c23)CC1. The molecule has 0 unspecified atom stereocenters. The zero-order valence-corrected chi connectivity index (χ0v) is 27.9. The Morgan fingerprint density at radius 2 is 1.10 bits per heavy atom. The molecule has 10 aromatic rings. The summed E-state index contributed by atoms with van der Waals surface area (Å²) in [6.07, 6.45) is 6.75. The summed E-state index contributed by atoms with van der Waals surface area (Å²) in [4.78, 5) is 0. The van der Waals surface area contributed by atoms with Crippen LogP contribution in [0.5, 0.6) is 0 Å². The van der Waals surface area contributed by atoms with Crippen molar-refractivity contribution in [3.8, 4) is 33.6 Å². The van der Waals surface area contributed by atoms with Crippen molar-refractivity contribution in [3.05, 3.63) is 175 Å². The Morgan fingerprint density at radius 1 is 0.451 bits per heavy atom. The van der Waals surface area contributed by atoms with Crippen molar-refractivity contribution < 1.29 is 4.42 Å². The standard InChI is InChI=1S/C48H32N2O/c1-2-10-35(11-3-1)50-42-15-7-4-12-37(42)39-27-28-44-47(48(39)50)40-14-5-8-16-43(40)49(44)36-25-22-32(23-26-36)31-18-20-33(21-19-31)34-24-29-46-41(30-34)38-13-6-9-17-45(38)51-46/h1-7,9-15,17-30H,8,16H2. The van der Waals surface area contributed by atoms with Crippen molar-refractivity contribution in [3.63, 3.8) is 0 Å². The van der Waals surface area contributed by atoms with Gasteiger partial charge in [-0.15, -0.1) is 0 Å². The van der Waals surface area contributed by atoms with Crippen molar-refractivity contribution in [2.45, 2.75) is 12.8 Å². The van der Waals surface area contributed by atoms with Crippen LogP contribution in [0.25, 0.3) is 94.4 Å². The molecule has 7 aromatic carbocycles. The summed E-state index contributed by atoms with van der Waals surface area (Å²) in [6.45, 7) is 0. The van der Waals surface area contributed by atoms with Crippen molar-refractivity contribution >= 4 is 60.7 Å². The number of rotatable bonds is 4. The minimum Gasteiger partial charge on any atom is -0.456 e. The molecule has 0 N–H and O–H groups in total. The molecule has 0 saturated carbocycles. The van der Waals surface area contributed by atoms with Crippen molar-refractivity contribution in [2.75, 3.05) is 0 Å². The van der Waals surface area contributed by atoms with Crippen LogP contribution in [-0.4, -0.2) is 9.13 Å². The predicted molar refractivity (Wildman–Crippen MR) is 213 cm³/mol. The first-order valence-corrected chi connectivity index (χ1v) is 17.7.